The third kappa shape index (κ3) is 2.68. The molecule has 2 atom stereocenters. The van der Waals surface area contributed by atoms with Gasteiger partial charge in [0.2, 0.25) is 15.0 Å². The molecule has 7 heteroatoms. The van der Waals surface area contributed by atoms with Gasteiger partial charge in [0, 0.05) is 19.6 Å². The van der Waals surface area contributed by atoms with Crippen molar-refractivity contribution in [2.75, 3.05) is 39.4 Å². The molecule has 0 amide bonds. The third-order valence-corrected chi connectivity index (χ3v) is 6.50. The van der Waals surface area contributed by atoms with E-state index >= 15 is 0 Å². The summed E-state index contributed by atoms with van der Waals surface area (Å²) in [6.45, 7) is 4.60. The molecule has 2 heterocycles. The van der Waals surface area contributed by atoms with Crippen LogP contribution in [0.2, 0.25) is 0 Å². The van der Waals surface area contributed by atoms with Gasteiger partial charge < -0.3 is 14.8 Å². The molecule has 2 saturated heterocycles. The maximum Gasteiger partial charge on any atom is 0.248 e. The van der Waals surface area contributed by atoms with Gasteiger partial charge in [-0.3, -0.25) is 0 Å². The van der Waals surface area contributed by atoms with Gasteiger partial charge >= 0.3 is 0 Å². The van der Waals surface area contributed by atoms with Crippen molar-refractivity contribution in [1.82, 2.24) is 9.62 Å². The highest BCUT2D eigenvalue weighted by atomic mass is 32.2. The molecule has 6 nitrogen and oxygen atoms in total. The summed E-state index contributed by atoms with van der Waals surface area (Å²) in [5, 5.41) is 3.13. The van der Waals surface area contributed by atoms with Crippen LogP contribution in [0.5, 0.6) is 0 Å². The maximum absolute atomic E-state index is 13.1. The van der Waals surface area contributed by atoms with Crippen LogP contribution in [0, 0.1) is 0 Å². The predicted molar refractivity (Wildman–Crippen MR) is 82.9 cm³/mol. The first-order valence-corrected chi connectivity index (χ1v) is 9.07. The molecule has 0 saturated carbocycles. The van der Waals surface area contributed by atoms with Crippen LogP contribution in [-0.4, -0.2) is 57.0 Å². The number of nitrogens with one attached hydrogen (secondary N) is 1. The topological polar surface area (TPSA) is 71.2 Å². The number of rotatable bonds is 6. The standard InChI is InChI=1S/C15H22N2O4S/c1-2-16-12-15(14(21-15)13-6-4-3-5-7-13)22(18,19)17-8-10-20-11-9-17/h3-7,14,16H,2,8-12H2,1H3. The van der Waals surface area contributed by atoms with Gasteiger partial charge in [-0.1, -0.05) is 37.3 Å². The van der Waals surface area contributed by atoms with E-state index in [-0.39, 0.29) is 0 Å². The first-order chi connectivity index (χ1) is 10.6. The van der Waals surface area contributed by atoms with E-state index in [4.69, 9.17) is 9.47 Å². The molecule has 0 bridgehead atoms. The number of benzene rings is 1. The number of epoxide rings is 1. The molecule has 122 valence electrons. The molecule has 0 aromatic heterocycles. The average Bonchev–Trinajstić information content (AvgIpc) is 3.31. The molecule has 2 fully saturated rings. The monoisotopic (exact) mass is 326 g/mol. The maximum atomic E-state index is 13.1. The van der Waals surface area contributed by atoms with E-state index in [1.54, 1.807) is 0 Å². The molecule has 22 heavy (non-hydrogen) atoms. The first-order valence-electron chi connectivity index (χ1n) is 7.63. The molecule has 2 unspecified atom stereocenters. The Bertz CT molecular complexity index is 601. The van der Waals surface area contributed by atoms with Crippen molar-refractivity contribution in [3.8, 4) is 0 Å². The second-order valence-electron chi connectivity index (χ2n) is 5.52. The SMILES string of the molecule is CCNCC1(S(=O)(=O)N2CCOCC2)OC1c1ccccc1. The Kier molecular flexibility index (Phi) is 4.52. The zero-order valence-corrected chi connectivity index (χ0v) is 13.5. The van der Waals surface area contributed by atoms with Crippen LogP contribution in [0.3, 0.4) is 0 Å². The highest BCUT2D eigenvalue weighted by molar-refractivity contribution is 7.90. The molecule has 3 rings (SSSR count). The molecule has 0 spiro atoms. The molecule has 1 N–H and O–H groups in total. The second-order valence-corrected chi connectivity index (χ2v) is 7.67. The molecule has 2 aliphatic heterocycles. The summed E-state index contributed by atoms with van der Waals surface area (Å²) >= 11 is 0. The summed E-state index contributed by atoms with van der Waals surface area (Å²) in [5.74, 6) is 0. The lowest BCUT2D eigenvalue weighted by molar-refractivity contribution is 0.0716. The summed E-state index contributed by atoms with van der Waals surface area (Å²) in [4.78, 5) is -1.19. The Morgan fingerprint density at radius 3 is 2.59 bits per heavy atom. The molecular formula is C15H22N2O4S. The van der Waals surface area contributed by atoms with Crippen LogP contribution in [0.15, 0.2) is 30.3 Å². The fourth-order valence-corrected chi connectivity index (χ4v) is 4.82. The van der Waals surface area contributed by atoms with Crippen molar-refractivity contribution in [2.45, 2.75) is 18.0 Å². The molecule has 2 aliphatic rings. The fourth-order valence-electron chi connectivity index (χ4n) is 2.84. The van der Waals surface area contributed by atoms with Gasteiger partial charge in [-0.25, -0.2) is 8.42 Å². The Balaban J connectivity index is 1.87. The molecule has 0 radical (unpaired) electrons. The minimum absolute atomic E-state index is 0.294. The van der Waals surface area contributed by atoms with Gasteiger partial charge in [0.15, 0.2) is 0 Å². The zero-order valence-electron chi connectivity index (χ0n) is 12.7. The summed E-state index contributed by atoms with van der Waals surface area (Å²) < 4.78 is 38.7. The quantitative estimate of drug-likeness (QED) is 0.780. The molecule has 0 aliphatic carbocycles. The third-order valence-electron chi connectivity index (χ3n) is 4.13. The van der Waals surface area contributed by atoms with Crippen molar-refractivity contribution in [3.05, 3.63) is 35.9 Å². The van der Waals surface area contributed by atoms with Gasteiger partial charge in [-0.2, -0.15) is 4.31 Å². The number of hydrogen-bond acceptors (Lipinski definition) is 5. The minimum atomic E-state index is -3.55. The number of likely N-dealkylation sites (N-methyl/N-ethyl adjacent to an activating group) is 1. The van der Waals surface area contributed by atoms with Crippen LogP contribution in [0.1, 0.15) is 18.6 Å². The van der Waals surface area contributed by atoms with Gasteiger partial charge in [0.25, 0.3) is 0 Å². The van der Waals surface area contributed by atoms with E-state index in [0.717, 1.165) is 5.56 Å². The molecular weight excluding hydrogens is 304 g/mol. The van der Waals surface area contributed by atoms with Crippen molar-refractivity contribution in [3.63, 3.8) is 0 Å². The van der Waals surface area contributed by atoms with Crippen molar-refractivity contribution in [1.29, 1.82) is 0 Å². The van der Waals surface area contributed by atoms with Gasteiger partial charge in [0.05, 0.1) is 13.2 Å². The average molecular weight is 326 g/mol. The van der Waals surface area contributed by atoms with E-state index in [1.165, 1.54) is 4.31 Å². The lowest BCUT2D eigenvalue weighted by atomic mass is 10.1. The van der Waals surface area contributed by atoms with Gasteiger partial charge in [0.1, 0.15) is 6.10 Å². The summed E-state index contributed by atoms with van der Waals surface area (Å²) in [6.07, 6.45) is -0.416. The van der Waals surface area contributed by atoms with E-state index < -0.39 is 21.1 Å². The Morgan fingerprint density at radius 2 is 1.95 bits per heavy atom. The smallest absolute Gasteiger partial charge is 0.248 e. The van der Waals surface area contributed by atoms with E-state index in [0.29, 0.717) is 39.4 Å². The fraction of sp³-hybridized carbons (Fsp3) is 0.600. The van der Waals surface area contributed by atoms with Gasteiger partial charge in [-0.15, -0.1) is 0 Å². The van der Waals surface area contributed by atoms with Crippen molar-refractivity contribution < 1.29 is 17.9 Å². The highest BCUT2D eigenvalue weighted by Crippen LogP contribution is 2.54. The number of morpholine rings is 1. The van der Waals surface area contributed by atoms with E-state index in [1.807, 2.05) is 37.3 Å². The van der Waals surface area contributed by atoms with E-state index in [2.05, 4.69) is 5.32 Å². The van der Waals surface area contributed by atoms with Crippen LogP contribution in [0.4, 0.5) is 0 Å². The second kappa shape index (κ2) is 6.25. The Labute approximate surface area is 131 Å². The summed E-state index contributed by atoms with van der Waals surface area (Å²) in [6, 6.07) is 9.53. The number of nitrogens with zero attached hydrogens (tertiary/aromatic N) is 1. The van der Waals surface area contributed by atoms with Crippen LogP contribution >= 0.6 is 0 Å². The summed E-state index contributed by atoms with van der Waals surface area (Å²) in [5.41, 5.74) is 0.900. The van der Waals surface area contributed by atoms with Crippen LogP contribution in [0.25, 0.3) is 0 Å². The van der Waals surface area contributed by atoms with E-state index in [9.17, 15) is 8.42 Å². The van der Waals surface area contributed by atoms with Crippen LogP contribution in [-0.2, 0) is 19.5 Å². The molecule has 1 aromatic carbocycles. The number of hydrogen-bond donors (Lipinski definition) is 1. The lowest BCUT2D eigenvalue weighted by Crippen LogP contribution is -2.50. The zero-order chi connectivity index (χ0) is 15.6. The predicted octanol–water partition coefficient (Wildman–Crippen LogP) is 0.726. The lowest BCUT2D eigenvalue weighted by Gasteiger charge is -2.29. The molecule has 1 aromatic rings. The normalized spacial score (nSPS) is 29.4. The number of sulfonamides is 1. The Morgan fingerprint density at radius 1 is 1.27 bits per heavy atom. The summed E-state index contributed by atoms with van der Waals surface area (Å²) in [7, 11) is -3.55. The first kappa shape index (κ1) is 15.9. The van der Waals surface area contributed by atoms with Crippen LogP contribution < -0.4 is 5.32 Å². The Hall–Kier alpha value is -0.990. The minimum Gasteiger partial charge on any atom is -0.379 e. The number of ether oxygens (including phenoxy) is 2. The van der Waals surface area contributed by atoms with Crippen molar-refractivity contribution >= 4 is 10.0 Å². The van der Waals surface area contributed by atoms with Crippen molar-refractivity contribution in [2.24, 2.45) is 0 Å². The highest BCUT2D eigenvalue weighted by Gasteiger charge is 2.68. The van der Waals surface area contributed by atoms with Gasteiger partial charge in [-0.05, 0) is 12.1 Å². The largest absolute Gasteiger partial charge is 0.379 e.